The van der Waals surface area contributed by atoms with Gasteiger partial charge in [-0.25, -0.2) is 4.79 Å². The van der Waals surface area contributed by atoms with Crippen molar-refractivity contribution in [1.29, 1.82) is 0 Å². The van der Waals surface area contributed by atoms with E-state index in [-0.39, 0.29) is 35.9 Å². The summed E-state index contributed by atoms with van der Waals surface area (Å²) in [5.41, 5.74) is 0.00665. The van der Waals surface area contributed by atoms with Crippen molar-refractivity contribution in [3.05, 3.63) is 0 Å². The van der Waals surface area contributed by atoms with E-state index < -0.39 is 0 Å². The van der Waals surface area contributed by atoms with E-state index in [9.17, 15) is 14.7 Å². The largest absolute Gasteiger partial charge is 0.391 e. The molecule has 4 aliphatic carbocycles. The van der Waals surface area contributed by atoms with Crippen molar-refractivity contribution in [3.8, 4) is 0 Å². The molecule has 3 amide bonds. The summed E-state index contributed by atoms with van der Waals surface area (Å²) in [6, 6.07) is -0.129. The molecule has 5 fully saturated rings. The molecule has 2 atom stereocenters. The molecule has 5 aliphatic rings. The second kappa shape index (κ2) is 7.35. The number of hydrogen-bond acceptors (Lipinski definition) is 4. The Morgan fingerprint density at radius 1 is 1.00 bits per heavy atom. The van der Waals surface area contributed by atoms with Crippen LogP contribution in [0.5, 0.6) is 0 Å². The van der Waals surface area contributed by atoms with Crippen LogP contribution in [0, 0.1) is 23.7 Å². The van der Waals surface area contributed by atoms with Gasteiger partial charge in [-0.15, -0.1) is 0 Å². The fourth-order valence-electron chi connectivity index (χ4n) is 6.10. The fourth-order valence-corrected chi connectivity index (χ4v) is 6.10. The summed E-state index contributed by atoms with van der Waals surface area (Å²) in [6.07, 6.45) is 7.33. The second-order valence-corrected chi connectivity index (χ2v) is 9.12. The van der Waals surface area contributed by atoms with Gasteiger partial charge in [0.05, 0.1) is 6.10 Å². The van der Waals surface area contributed by atoms with Gasteiger partial charge in [0.15, 0.2) is 0 Å². The van der Waals surface area contributed by atoms with Gasteiger partial charge in [-0.05, 0) is 56.3 Å². The van der Waals surface area contributed by atoms with Crippen molar-refractivity contribution in [3.63, 3.8) is 0 Å². The van der Waals surface area contributed by atoms with E-state index in [1.54, 1.807) is 0 Å². The van der Waals surface area contributed by atoms with Gasteiger partial charge in [-0.2, -0.15) is 0 Å². The van der Waals surface area contributed by atoms with Crippen LogP contribution in [0.15, 0.2) is 0 Å². The fraction of sp³-hybridized carbons (Fsp3) is 0.895. The molecule has 7 heteroatoms. The van der Waals surface area contributed by atoms with E-state index in [0.29, 0.717) is 19.6 Å². The normalized spacial score (nSPS) is 40.4. The van der Waals surface area contributed by atoms with Crippen molar-refractivity contribution >= 4 is 11.9 Å². The molecule has 146 valence electrons. The molecule has 7 nitrogen and oxygen atoms in total. The topological polar surface area (TPSA) is 102 Å². The maximum atomic E-state index is 12.3. The molecule has 5 N–H and O–H groups in total. The van der Waals surface area contributed by atoms with E-state index in [1.807, 2.05) is 0 Å². The molecule has 0 aromatic rings. The summed E-state index contributed by atoms with van der Waals surface area (Å²) < 4.78 is 0. The number of rotatable bonds is 6. The van der Waals surface area contributed by atoms with E-state index in [0.717, 1.165) is 43.6 Å². The van der Waals surface area contributed by atoms with Gasteiger partial charge in [0.1, 0.15) is 0 Å². The summed E-state index contributed by atoms with van der Waals surface area (Å²) in [7, 11) is 0. The lowest BCUT2D eigenvalue weighted by molar-refractivity contribution is -0.121. The van der Waals surface area contributed by atoms with Crippen molar-refractivity contribution in [1.82, 2.24) is 21.3 Å². The average molecular weight is 364 g/mol. The highest BCUT2D eigenvalue weighted by atomic mass is 16.3. The number of hydrogen-bond donors (Lipinski definition) is 5. The van der Waals surface area contributed by atoms with Crippen LogP contribution in [-0.2, 0) is 4.79 Å². The van der Waals surface area contributed by atoms with Gasteiger partial charge in [-0.3, -0.25) is 4.79 Å². The molecule has 1 saturated heterocycles. The number of nitrogens with one attached hydrogen (secondary N) is 4. The zero-order valence-corrected chi connectivity index (χ0v) is 15.4. The highest BCUT2D eigenvalue weighted by molar-refractivity contribution is 5.78. The van der Waals surface area contributed by atoms with Gasteiger partial charge in [0.25, 0.3) is 0 Å². The van der Waals surface area contributed by atoms with Gasteiger partial charge < -0.3 is 26.4 Å². The predicted octanol–water partition coefficient (Wildman–Crippen LogP) is 0.341. The third-order valence-corrected chi connectivity index (χ3v) is 6.92. The summed E-state index contributed by atoms with van der Waals surface area (Å²) in [6.45, 7) is 2.14. The molecule has 0 aromatic heterocycles. The molecular weight excluding hydrogens is 332 g/mol. The lowest BCUT2D eigenvalue weighted by atomic mass is 9.53. The van der Waals surface area contributed by atoms with Crippen LogP contribution < -0.4 is 21.3 Å². The lowest BCUT2D eigenvalue weighted by Crippen LogP contribution is -2.61. The monoisotopic (exact) mass is 364 g/mol. The zero-order valence-electron chi connectivity index (χ0n) is 15.4. The maximum absolute atomic E-state index is 12.3. The number of carbonyl (C=O) groups excluding carboxylic acids is 2. The van der Waals surface area contributed by atoms with Crippen LogP contribution in [0.1, 0.15) is 44.9 Å². The Hall–Kier alpha value is -1.34. The zero-order chi connectivity index (χ0) is 18.1. The van der Waals surface area contributed by atoms with Crippen LogP contribution in [0.3, 0.4) is 0 Å². The molecule has 0 aromatic carbocycles. The molecular formula is C19H32N4O3. The van der Waals surface area contributed by atoms with Crippen LogP contribution in [0.4, 0.5) is 4.79 Å². The minimum atomic E-state index is -0.389. The van der Waals surface area contributed by atoms with E-state index >= 15 is 0 Å². The standard InChI is InChI=1S/C19H32N4O3/c24-16-11-20-9-15(16)10-22-17(25)1-2-21-18(26)23-19-6-12-3-13(7-19)5-14(4-12)8-19/h12-16,20,24H,1-11H2,(H,22,25)(H2,21,23,26). The highest BCUT2D eigenvalue weighted by Crippen LogP contribution is 2.55. The average Bonchev–Trinajstić information content (AvgIpc) is 2.96. The highest BCUT2D eigenvalue weighted by Gasteiger charge is 2.51. The summed E-state index contributed by atoms with van der Waals surface area (Å²) in [4.78, 5) is 24.2. The molecule has 0 spiro atoms. The first-order valence-corrected chi connectivity index (χ1v) is 10.2. The van der Waals surface area contributed by atoms with Crippen LogP contribution in [0.25, 0.3) is 0 Å². The quantitative estimate of drug-likeness (QED) is 0.469. The Bertz CT molecular complexity index is 518. The first-order valence-electron chi connectivity index (χ1n) is 10.2. The van der Waals surface area contributed by atoms with Gasteiger partial charge in [0.2, 0.25) is 5.91 Å². The number of carbonyl (C=O) groups is 2. The third-order valence-electron chi connectivity index (χ3n) is 6.92. The molecule has 1 heterocycles. The number of amides is 3. The Labute approximate surface area is 155 Å². The summed E-state index contributed by atoms with van der Waals surface area (Å²) >= 11 is 0. The number of urea groups is 1. The molecule has 0 radical (unpaired) electrons. The summed E-state index contributed by atoms with van der Waals surface area (Å²) in [5.74, 6) is 2.39. The number of aliphatic hydroxyl groups is 1. The first kappa shape index (κ1) is 18.0. The smallest absolute Gasteiger partial charge is 0.315 e. The molecule has 2 unspecified atom stereocenters. The Balaban J connectivity index is 1.15. The van der Waals surface area contributed by atoms with E-state index in [2.05, 4.69) is 21.3 Å². The number of β-amino-alcohol motifs (C(OH)–C–C–N with tert-alkyl or cyclic N) is 1. The van der Waals surface area contributed by atoms with Crippen LogP contribution >= 0.6 is 0 Å². The van der Waals surface area contributed by atoms with E-state index in [1.165, 1.54) is 19.3 Å². The molecule has 4 saturated carbocycles. The van der Waals surface area contributed by atoms with Crippen molar-refractivity contribution in [2.45, 2.75) is 56.6 Å². The van der Waals surface area contributed by atoms with Crippen molar-refractivity contribution in [2.75, 3.05) is 26.2 Å². The van der Waals surface area contributed by atoms with Gasteiger partial charge in [0, 0.05) is 44.1 Å². The lowest BCUT2D eigenvalue weighted by Gasteiger charge is -2.56. The minimum absolute atomic E-state index is 0.00665. The Morgan fingerprint density at radius 2 is 1.65 bits per heavy atom. The predicted molar refractivity (Wildman–Crippen MR) is 97.4 cm³/mol. The van der Waals surface area contributed by atoms with E-state index in [4.69, 9.17) is 0 Å². The van der Waals surface area contributed by atoms with Crippen molar-refractivity contribution < 1.29 is 14.7 Å². The molecule has 26 heavy (non-hydrogen) atoms. The van der Waals surface area contributed by atoms with Crippen LogP contribution in [-0.4, -0.2) is 54.9 Å². The third kappa shape index (κ3) is 3.98. The van der Waals surface area contributed by atoms with Gasteiger partial charge in [-0.1, -0.05) is 0 Å². The molecule has 4 bridgehead atoms. The summed E-state index contributed by atoms with van der Waals surface area (Å²) in [5, 5.41) is 21.8. The van der Waals surface area contributed by atoms with Gasteiger partial charge >= 0.3 is 6.03 Å². The first-order chi connectivity index (χ1) is 12.5. The Morgan fingerprint density at radius 3 is 2.23 bits per heavy atom. The molecule has 5 rings (SSSR count). The SMILES string of the molecule is O=C(CCNC(=O)NC12CC3CC(CC(C3)C1)C2)NCC1CNCC1O. The maximum Gasteiger partial charge on any atom is 0.315 e. The Kier molecular flexibility index (Phi) is 5.10. The minimum Gasteiger partial charge on any atom is -0.391 e. The second-order valence-electron chi connectivity index (χ2n) is 9.12. The van der Waals surface area contributed by atoms with Crippen molar-refractivity contribution in [2.24, 2.45) is 23.7 Å². The molecule has 1 aliphatic heterocycles. The number of aliphatic hydroxyl groups excluding tert-OH is 1. The van der Waals surface area contributed by atoms with Crippen LogP contribution in [0.2, 0.25) is 0 Å².